The van der Waals surface area contributed by atoms with Crippen LogP contribution in [0.25, 0.3) is 0 Å². The van der Waals surface area contributed by atoms with E-state index in [9.17, 15) is 13.2 Å². The Morgan fingerprint density at radius 3 is 2.46 bits per heavy atom. The highest BCUT2D eigenvalue weighted by Gasteiger charge is 2.35. The van der Waals surface area contributed by atoms with Gasteiger partial charge in [0.1, 0.15) is 17.1 Å². The van der Waals surface area contributed by atoms with Crippen molar-refractivity contribution >= 4 is 21.6 Å². The number of methoxy groups -OCH3 is 1. The summed E-state index contributed by atoms with van der Waals surface area (Å²) in [6.07, 6.45) is 1.69. The molecule has 0 aromatic heterocycles. The third-order valence-corrected chi connectivity index (χ3v) is 5.04. The number of benzene rings is 2. The topological polar surface area (TPSA) is 93.7 Å². The molecule has 1 aliphatic rings. The van der Waals surface area contributed by atoms with Crippen LogP contribution in [0.15, 0.2) is 42.5 Å². The minimum Gasteiger partial charge on any atom is -0.497 e. The van der Waals surface area contributed by atoms with E-state index >= 15 is 0 Å². The van der Waals surface area contributed by atoms with E-state index in [1.165, 1.54) is 0 Å². The van der Waals surface area contributed by atoms with E-state index in [-0.39, 0.29) is 11.9 Å². The van der Waals surface area contributed by atoms with Gasteiger partial charge < -0.3 is 14.8 Å². The van der Waals surface area contributed by atoms with Crippen LogP contribution in [-0.4, -0.2) is 33.3 Å². The Hall–Kier alpha value is -2.74. The molecule has 7 nitrogen and oxygen atoms in total. The minimum absolute atomic E-state index is 0.217. The van der Waals surface area contributed by atoms with Crippen LogP contribution in [0.5, 0.6) is 11.5 Å². The molecule has 0 unspecified atom stereocenters. The van der Waals surface area contributed by atoms with E-state index in [2.05, 4.69) is 10.0 Å². The Morgan fingerprint density at radius 2 is 1.86 bits per heavy atom. The van der Waals surface area contributed by atoms with E-state index in [1.54, 1.807) is 31.4 Å². The van der Waals surface area contributed by atoms with Gasteiger partial charge in [-0.05, 0) is 50.2 Å². The van der Waals surface area contributed by atoms with Crippen LogP contribution in [0, 0.1) is 0 Å². The summed E-state index contributed by atoms with van der Waals surface area (Å²) < 4.78 is 36.3. The molecule has 0 aliphatic carbocycles. The quantitative estimate of drug-likeness (QED) is 0.799. The Morgan fingerprint density at radius 1 is 1.18 bits per heavy atom. The van der Waals surface area contributed by atoms with Crippen molar-refractivity contribution < 1.29 is 22.7 Å². The fraction of sp³-hybridized carbons (Fsp3) is 0.350. The molecule has 1 atom stereocenters. The molecular formula is C20H24N2O5S. The maximum atomic E-state index is 12.7. The second-order valence-corrected chi connectivity index (χ2v) is 9.20. The number of amides is 1. The number of rotatable bonds is 5. The van der Waals surface area contributed by atoms with Gasteiger partial charge in [-0.15, -0.1) is 0 Å². The van der Waals surface area contributed by atoms with E-state index in [1.807, 2.05) is 32.0 Å². The predicted molar refractivity (Wildman–Crippen MR) is 107 cm³/mol. The lowest BCUT2D eigenvalue weighted by Gasteiger charge is -2.38. The first-order valence-corrected chi connectivity index (χ1v) is 10.7. The molecule has 0 spiro atoms. The third kappa shape index (κ3) is 4.75. The number of hydrogen-bond donors (Lipinski definition) is 2. The highest BCUT2D eigenvalue weighted by Crippen LogP contribution is 2.41. The summed E-state index contributed by atoms with van der Waals surface area (Å²) in [4.78, 5) is 12.7. The summed E-state index contributed by atoms with van der Waals surface area (Å²) in [6, 6.07) is 11.6. The first-order valence-electron chi connectivity index (χ1n) is 8.82. The van der Waals surface area contributed by atoms with E-state index in [4.69, 9.17) is 9.47 Å². The molecular weight excluding hydrogens is 380 g/mol. The lowest BCUT2D eigenvalue weighted by molar-refractivity contribution is 0.0617. The van der Waals surface area contributed by atoms with Crippen LogP contribution in [0.1, 0.15) is 42.2 Å². The summed E-state index contributed by atoms with van der Waals surface area (Å²) >= 11 is 0. The van der Waals surface area contributed by atoms with Crippen molar-refractivity contribution in [3.05, 3.63) is 53.6 Å². The summed E-state index contributed by atoms with van der Waals surface area (Å²) in [5.74, 6) is 1.14. The Kier molecular flexibility index (Phi) is 5.25. The second-order valence-electron chi connectivity index (χ2n) is 7.45. The van der Waals surface area contributed by atoms with Crippen LogP contribution in [0.4, 0.5) is 5.69 Å². The molecule has 0 radical (unpaired) electrons. The molecule has 1 heterocycles. The second kappa shape index (κ2) is 7.35. The number of sulfonamides is 1. The van der Waals surface area contributed by atoms with Crippen LogP contribution in [0.3, 0.4) is 0 Å². The van der Waals surface area contributed by atoms with Gasteiger partial charge in [0, 0.05) is 29.3 Å². The molecule has 2 aromatic rings. The van der Waals surface area contributed by atoms with Crippen LogP contribution < -0.4 is 19.5 Å². The van der Waals surface area contributed by atoms with Gasteiger partial charge in [-0.1, -0.05) is 0 Å². The summed E-state index contributed by atoms with van der Waals surface area (Å²) in [5, 5.41) is 3.05. The molecule has 28 heavy (non-hydrogen) atoms. The molecule has 1 aliphatic heterocycles. The summed E-state index contributed by atoms with van der Waals surface area (Å²) in [7, 11) is -1.77. The summed E-state index contributed by atoms with van der Waals surface area (Å²) in [5.41, 5.74) is 1.30. The molecule has 0 fully saturated rings. The van der Waals surface area contributed by atoms with Crippen molar-refractivity contribution in [1.82, 2.24) is 5.32 Å². The molecule has 8 heteroatoms. The van der Waals surface area contributed by atoms with Gasteiger partial charge in [0.15, 0.2) is 0 Å². The standard InChI is InChI=1S/C20H24N2O5S/c1-20(2)12-17(16-10-9-15(26-3)11-18(16)27-20)21-19(23)13-5-7-14(8-6-13)22-28(4,24)25/h5-11,17,22H,12H2,1-4H3,(H,21,23)/t17-/m1/s1. The Bertz CT molecular complexity index is 984. The number of carbonyl (C=O) groups excluding carboxylic acids is 1. The molecule has 0 bridgehead atoms. The van der Waals surface area contributed by atoms with Crippen LogP contribution >= 0.6 is 0 Å². The van der Waals surface area contributed by atoms with Crippen molar-refractivity contribution in [2.75, 3.05) is 18.1 Å². The zero-order valence-electron chi connectivity index (χ0n) is 16.3. The first kappa shape index (κ1) is 20.0. The highest BCUT2D eigenvalue weighted by atomic mass is 32.2. The Balaban J connectivity index is 1.80. The average molecular weight is 404 g/mol. The van der Waals surface area contributed by atoms with E-state index in [0.717, 1.165) is 11.8 Å². The van der Waals surface area contributed by atoms with Gasteiger partial charge in [-0.25, -0.2) is 8.42 Å². The van der Waals surface area contributed by atoms with Gasteiger partial charge in [0.25, 0.3) is 5.91 Å². The van der Waals surface area contributed by atoms with Gasteiger partial charge in [0.05, 0.1) is 19.4 Å². The minimum atomic E-state index is -3.36. The lowest BCUT2D eigenvalue weighted by Crippen LogP contribution is -2.41. The SMILES string of the molecule is COc1ccc2c(c1)OC(C)(C)C[C@H]2NC(=O)c1ccc(NS(C)(=O)=O)cc1. The first-order chi connectivity index (χ1) is 13.1. The molecule has 2 N–H and O–H groups in total. The van der Waals surface area contributed by atoms with Gasteiger partial charge in [0.2, 0.25) is 10.0 Å². The van der Waals surface area contributed by atoms with Gasteiger partial charge >= 0.3 is 0 Å². The molecule has 0 saturated carbocycles. The maximum absolute atomic E-state index is 12.7. The third-order valence-electron chi connectivity index (χ3n) is 4.43. The van der Waals surface area contributed by atoms with Crippen molar-refractivity contribution in [3.63, 3.8) is 0 Å². The largest absolute Gasteiger partial charge is 0.497 e. The monoisotopic (exact) mass is 404 g/mol. The van der Waals surface area contributed by atoms with Gasteiger partial charge in [-0.2, -0.15) is 0 Å². The normalized spacial score (nSPS) is 17.8. The van der Waals surface area contributed by atoms with Crippen molar-refractivity contribution in [1.29, 1.82) is 0 Å². The molecule has 1 amide bonds. The molecule has 3 rings (SSSR count). The van der Waals surface area contributed by atoms with E-state index in [0.29, 0.717) is 29.2 Å². The van der Waals surface area contributed by atoms with Crippen molar-refractivity contribution in [3.8, 4) is 11.5 Å². The smallest absolute Gasteiger partial charge is 0.251 e. The Labute approximate surface area is 165 Å². The number of hydrogen-bond acceptors (Lipinski definition) is 5. The number of nitrogens with one attached hydrogen (secondary N) is 2. The fourth-order valence-corrected chi connectivity index (χ4v) is 3.80. The average Bonchev–Trinajstić information content (AvgIpc) is 2.59. The number of ether oxygens (including phenoxy) is 2. The van der Waals surface area contributed by atoms with Gasteiger partial charge in [-0.3, -0.25) is 9.52 Å². The van der Waals surface area contributed by atoms with Crippen molar-refractivity contribution in [2.24, 2.45) is 0 Å². The van der Waals surface area contributed by atoms with Crippen LogP contribution in [-0.2, 0) is 10.0 Å². The lowest BCUT2D eigenvalue weighted by atomic mass is 9.89. The molecule has 2 aromatic carbocycles. The number of carbonyl (C=O) groups is 1. The molecule has 0 saturated heterocycles. The van der Waals surface area contributed by atoms with Crippen molar-refractivity contribution in [2.45, 2.75) is 31.9 Å². The fourth-order valence-electron chi connectivity index (χ4n) is 3.23. The zero-order chi connectivity index (χ0) is 20.5. The summed E-state index contributed by atoms with van der Waals surface area (Å²) in [6.45, 7) is 3.94. The number of fused-ring (bicyclic) bond motifs is 1. The number of anilines is 1. The maximum Gasteiger partial charge on any atom is 0.251 e. The van der Waals surface area contributed by atoms with Crippen LogP contribution in [0.2, 0.25) is 0 Å². The van der Waals surface area contributed by atoms with E-state index < -0.39 is 15.6 Å². The highest BCUT2D eigenvalue weighted by molar-refractivity contribution is 7.92. The zero-order valence-corrected chi connectivity index (χ0v) is 17.1. The molecule has 150 valence electrons. The predicted octanol–water partition coefficient (Wildman–Crippen LogP) is 3.10.